The van der Waals surface area contributed by atoms with Gasteiger partial charge in [-0.05, 0) is 69.0 Å². The van der Waals surface area contributed by atoms with Crippen LogP contribution in [0.3, 0.4) is 0 Å². The van der Waals surface area contributed by atoms with Gasteiger partial charge in [-0.15, -0.1) is 0 Å². The van der Waals surface area contributed by atoms with Crippen LogP contribution in [0.1, 0.15) is 38.3 Å². The van der Waals surface area contributed by atoms with Gasteiger partial charge in [0.05, 0.1) is 29.6 Å². The number of ether oxygens (including phenoxy) is 1. The molecule has 8 nitrogen and oxygen atoms in total. The molecule has 0 aromatic heterocycles. The monoisotopic (exact) mass is 498 g/mol. The summed E-state index contributed by atoms with van der Waals surface area (Å²) in [6.07, 6.45) is 0.872. The molecular weight excluding hydrogens is 468 g/mol. The summed E-state index contributed by atoms with van der Waals surface area (Å²) in [4.78, 5) is 39.6. The Kier molecular flexibility index (Phi) is 8.00. The van der Waals surface area contributed by atoms with Crippen LogP contribution in [0.4, 0.5) is 11.4 Å². The summed E-state index contributed by atoms with van der Waals surface area (Å²) >= 11 is 0. The highest BCUT2D eigenvalue weighted by Crippen LogP contribution is 2.38. The number of esters is 1. The lowest BCUT2D eigenvalue weighted by atomic mass is 9.99. The maximum atomic E-state index is 13.1. The number of nitrogens with one attached hydrogen (secondary N) is 3. The number of rotatable bonds is 9. The molecule has 3 aromatic carbocycles. The Balaban J connectivity index is 1.62. The van der Waals surface area contributed by atoms with E-state index in [1.807, 2.05) is 56.6 Å². The number of nitrogens with zero attached hydrogens (tertiary/aromatic N) is 1. The normalized spacial score (nSPS) is 13.6. The molecule has 0 unspecified atom stereocenters. The lowest BCUT2D eigenvalue weighted by molar-refractivity contribution is -0.110. The first kappa shape index (κ1) is 25.7. The summed E-state index contributed by atoms with van der Waals surface area (Å²) in [5, 5.41) is 9.17. The lowest BCUT2D eigenvalue weighted by Crippen LogP contribution is -2.27. The van der Waals surface area contributed by atoms with Crippen molar-refractivity contribution in [3.05, 3.63) is 95.1 Å². The highest BCUT2D eigenvalue weighted by molar-refractivity contribution is 6.37. The van der Waals surface area contributed by atoms with Crippen LogP contribution in [0, 0.1) is 0 Å². The van der Waals surface area contributed by atoms with Crippen molar-refractivity contribution in [3.63, 3.8) is 0 Å². The second kappa shape index (κ2) is 11.5. The number of carbonyl (C=O) groups excluding carboxylic acids is 3. The van der Waals surface area contributed by atoms with Crippen LogP contribution in [0.25, 0.3) is 11.3 Å². The van der Waals surface area contributed by atoms with E-state index < -0.39 is 5.97 Å². The molecule has 0 saturated carbocycles. The molecule has 4 rings (SSSR count). The van der Waals surface area contributed by atoms with Crippen molar-refractivity contribution in [2.45, 2.75) is 6.42 Å². The predicted octanol–water partition coefficient (Wildman–Crippen LogP) is 4.09. The third-order valence-corrected chi connectivity index (χ3v) is 5.98. The van der Waals surface area contributed by atoms with Gasteiger partial charge in [0.25, 0.3) is 11.8 Å². The molecule has 0 radical (unpaired) electrons. The molecule has 37 heavy (non-hydrogen) atoms. The van der Waals surface area contributed by atoms with Crippen molar-refractivity contribution >= 4 is 40.4 Å². The SMILES string of the molecule is COC(=O)c1ccc2c(c1)NC(=O)/C2=C(\Nc1ccc(C(=O)NCCCN(C)C)cc1)c1ccccc1. The van der Waals surface area contributed by atoms with Gasteiger partial charge in [-0.2, -0.15) is 0 Å². The van der Waals surface area contributed by atoms with Crippen molar-refractivity contribution in [1.29, 1.82) is 0 Å². The molecule has 1 aliphatic rings. The smallest absolute Gasteiger partial charge is 0.337 e. The van der Waals surface area contributed by atoms with Crippen LogP contribution in [0.15, 0.2) is 72.8 Å². The zero-order valence-electron chi connectivity index (χ0n) is 21.1. The van der Waals surface area contributed by atoms with E-state index in [4.69, 9.17) is 4.74 Å². The summed E-state index contributed by atoms with van der Waals surface area (Å²) in [6, 6.07) is 21.7. The Labute approximate surface area is 216 Å². The van der Waals surface area contributed by atoms with Gasteiger partial charge in [-0.1, -0.05) is 36.4 Å². The molecule has 3 N–H and O–H groups in total. The van der Waals surface area contributed by atoms with Crippen molar-refractivity contribution in [2.24, 2.45) is 0 Å². The Bertz CT molecular complexity index is 1330. The highest BCUT2D eigenvalue weighted by Gasteiger charge is 2.29. The van der Waals surface area contributed by atoms with E-state index in [9.17, 15) is 14.4 Å². The maximum absolute atomic E-state index is 13.1. The van der Waals surface area contributed by atoms with Gasteiger partial charge in [0.2, 0.25) is 0 Å². The van der Waals surface area contributed by atoms with E-state index in [1.54, 1.807) is 30.3 Å². The third kappa shape index (κ3) is 6.05. The summed E-state index contributed by atoms with van der Waals surface area (Å²) in [7, 11) is 5.32. The van der Waals surface area contributed by atoms with Crippen LogP contribution in [0.5, 0.6) is 0 Å². The Morgan fingerprint density at radius 2 is 1.62 bits per heavy atom. The van der Waals surface area contributed by atoms with Gasteiger partial charge in [0.1, 0.15) is 0 Å². The minimum atomic E-state index is -0.474. The molecular formula is C29H30N4O4. The number of hydrogen-bond donors (Lipinski definition) is 3. The predicted molar refractivity (Wildman–Crippen MR) is 145 cm³/mol. The van der Waals surface area contributed by atoms with Gasteiger partial charge in [0.15, 0.2) is 0 Å². The van der Waals surface area contributed by atoms with Crippen molar-refractivity contribution in [2.75, 3.05) is 44.9 Å². The summed E-state index contributed by atoms with van der Waals surface area (Å²) in [6.45, 7) is 1.51. The zero-order valence-corrected chi connectivity index (χ0v) is 21.1. The Morgan fingerprint density at radius 3 is 2.30 bits per heavy atom. The molecule has 2 amide bonds. The fourth-order valence-corrected chi connectivity index (χ4v) is 4.10. The summed E-state index contributed by atoms with van der Waals surface area (Å²) in [5.41, 5.74) is 4.75. The lowest BCUT2D eigenvalue weighted by Gasteiger charge is -2.15. The average Bonchev–Trinajstić information content (AvgIpc) is 3.24. The van der Waals surface area contributed by atoms with E-state index in [0.717, 1.165) is 24.2 Å². The summed E-state index contributed by atoms with van der Waals surface area (Å²) in [5.74, 6) is -0.882. The van der Waals surface area contributed by atoms with E-state index in [-0.39, 0.29) is 11.8 Å². The first-order valence-corrected chi connectivity index (χ1v) is 12.0. The fourth-order valence-electron chi connectivity index (χ4n) is 4.10. The van der Waals surface area contributed by atoms with Gasteiger partial charge in [0, 0.05) is 23.4 Å². The quantitative estimate of drug-likeness (QED) is 0.234. The number of anilines is 2. The molecule has 3 aromatic rings. The Morgan fingerprint density at radius 1 is 0.919 bits per heavy atom. The second-order valence-electron chi connectivity index (χ2n) is 8.94. The highest BCUT2D eigenvalue weighted by atomic mass is 16.5. The van der Waals surface area contributed by atoms with E-state index >= 15 is 0 Å². The number of fused-ring (bicyclic) bond motifs is 1. The number of amides is 2. The largest absolute Gasteiger partial charge is 0.465 e. The van der Waals surface area contributed by atoms with Crippen LogP contribution in [0.2, 0.25) is 0 Å². The molecule has 0 bridgehead atoms. The molecule has 0 spiro atoms. The number of methoxy groups -OCH3 is 1. The number of carbonyl (C=O) groups is 3. The first-order valence-electron chi connectivity index (χ1n) is 12.0. The van der Waals surface area contributed by atoms with E-state index in [0.29, 0.717) is 40.2 Å². The minimum absolute atomic E-state index is 0.127. The van der Waals surface area contributed by atoms with Gasteiger partial charge < -0.3 is 25.6 Å². The number of hydrogen-bond acceptors (Lipinski definition) is 6. The average molecular weight is 499 g/mol. The van der Waals surface area contributed by atoms with Gasteiger partial charge in [-0.25, -0.2) is 4.79 Å². The van der Waals surface area contributed by atoms with E-state index in [2.05, 4.69) is 20.9 Å². The zero-order chi connectivity index (χ0) is 26.4. The van der Waals surface area contributed by atoms with Crippen molar-refractivity contribution < 1.29 is 19.1 Å². The van der Waals surface area contributed by atoms with Crippen LogP contribution < -0.4 is 16.0 Å². The molecule has 0 aliphatic carbocycles. The first-order chi connectivity index (χ1) is 17.9. The fraction of sp³-hybridized carbons (Fsp3) is 0.207. The van der Waals surface area contributed by atoms with Gasteiger partial charge >= 0.3 is 5.97 Å². The van der Waals surface area contributed by atoms with E-state index in [1.165, 1.54) is 7.11 Å². The number of benzene rings is 3. The van der Waals surface area contributed by atoms with Crippen molar-refractivity contribution in [1.82, 2.24) is 10.2 Å². The third-order valence-electron chi connectivity index (χ3n) is 5.98. The van der Waals surface area contributed by atoms with Gasteiger partial charge in [-0.3, -0.25) is 9.59 Å². The molecule has 190 valence electrons. The molecule has 0 saturated heterocycles. The molecule has 8 heteroatoms. The standard InChI is InChI=1S/C29H30N4O4/c1-33(2)17-7-16-30-27(34)20-10-13-22(14-11-20)31-26(19-8-5-4-6-9-19)25-23-15-12-21(29(36)37-3)18-24(23)32-28(25)35/h4-6,8-15,18,31H,7,16-17H2,1-3H3,(H,30,34)(H,32,35)/b26-25-. The molecule has 1 aliphatic heterocycles. The minimum Gasteiger partial charge on any atom is -0.465 e. The second-order valence-corrected chi connectivity index (χ2v) is 8.94. The molecule has 0 atom stereocenters. The maximum Gasteiger partial charge on any atom is 0.337 e. The van der Waals surface area contributed by atoms with Crippen LogP contribution >= 0.6 is 0 Å². The van der Waals surface area contributed by atoms with Crippen LogP contribution in [-0.2, 0) is 9.53 Å². The van der Waals surface area contributed by atoms with Crippen molar-refractivity contribution in [3.8, 4) is 0 Å². The Hall–Kier alpha value is -4.43. The van der Waals surface area contributed by atoms with Crippen LogP contribution in [-0.4, -0.2) is 57.0 Å². The summed E-state index contributed by atoms with van der Waals surface area (Å²) < 4.78 is 4.80. The molecule has 0 fully saturated rings. The topological polar surface area (TPSA) is 99.8 Å². The molecule has 1 heterocycles.